The van der Waals surface area contributed by atoms with Crippen molar-refractivity contribution in [3.63, 3.8) is 0 Å². The number of methoxy groups -OCH3 is 1. The maximum absolute atomic E-state index is 11.9. The Morgan fingerprint density at radius 2 is 1.90 bits per heavy atom. The van der Waals surface area contributed by atoms with Crippen LogP contribution in [0.4, 0.5) is 6.01 Å². The third-order valence-corrected chi connectivity index (χ3v) is 4.64. The molecule has 160 valence electrons. The van der Waals surface area contributed by atoms with Crippen molar-refractivity contribution in [2.24, 2.45) is 0 Å². The Balaban J connectivity index is 1.49. The van der Waals surface area contributed by atoms with Gasteiger partial charge in [-0.25, -0.2) is 4.79 Å². The number of rotatable bonds is 11. The van der Waals surface area contributed by atoms with Crippen LogP contribution in [0.3, 0.4) is 0 Å². The summed E-state index contributed by atoms with van der Waals surface area (Å²) in [7, 11) is 3.29. The first-order chi connectivity index (χ1) is 14.6. The SMILES string of the molecule is CCCOC(Cc1ccc(OCCN(C)c2nc3ccccc3o2)cc1)C(=O)OC. The lowest BCUT2D eigenvalue weighted by molar-refractivity contribution is -0.154. The molecule has 2 aromatic carbocycles. The monoisotopic (exact) mass is 412 g/mol. The predicted molar refractivity (Wildman–Crippen MR) is 115 cm³/mol. The van der Waals surface area contributed by atoms with E-state index in [1.807, 2.05) is 67.4 Å². The summed E-state index contributed by atoms with van der Waals surface area (Å²) < 4.78 is 22.0. The zero-order valence-electron chi connectivity index (χ0n) is 17.7. The largest absolute Gasteiger partial charge is 0.492 e. The average molecular weight is 412 g/mol. The Kier molecular flexibility index (Phi) is 7.68. The number of hydrogen-bond acceptors (Lipinski definition) is 7. The lowest BCUT2D eigenvalue weighted by Crippen LogP contribution is -2.28. The molecular formula is C23H28N2O5. The van der Waals surface area contributed by atoms with Gasteiger partial charge in [-0.2, -0.15) is 4.98 Å². The Morgan fingerprint density at radius 3 is 2.60 bits per heavy atom. The van der Waals surface area contributed by atoms with Gasteiger partial charge in [0.25, 0.3) is 6.01 Å². The average Bonchev–Trinajstić information content (AvgIpc) is 3.21. The molecule has 7 heteroatoms. The summed E-state index contributed by atoms with van der Waals surface area (Å²) in [5, 5.41) is 0. The van der Waals surface area contributed by atoms with Gasteiger partial charge in [0, 0.05) is 20.1 Å². The second kappa shape index (κ2) is 10.6. The quantitative estimate of drug-likeness (QED) is 0.443. The van der Waals surface area contributed by atoms with Crippen molar-refractivity contribution in [2.75, 3.05) is 38.8 Å². The summed E-state index contributed by atoms with van der Waals surface area (Å²) in [5.41, 5.74) is 2.59. The summed E-state index contributed by atoms with van der Waals surface area (Å²) in [4.78, 5) is 18.3. The van der Waals surface area contributed by atoms with Crippen LogP contribution in [0.5, 0.6) is 5.75 Å². The fourth-order valence-corrected chi connectivity index (χ4v) is 2.96. The van der Waals surface area contributed by atoms with Crippen molar-refractivity contribution >= 4 is 23.1 Å². The number of fused-ring (bicyclic) bond motifs is 1. The molecule has 0 fully saturated rings. The molecule has 1 heterocycles. The van der Waals surface area contributed by atoms with Gasteiger partial charge >= 0.3 is 5.97 Å². The van der Waals surface area contributed by atoms with Gasteiger partial charge in [-0.1, -0.05) is 31.2 Å². The molecule has 0 spiro atoms. The third kappa shape index (κ3) is 5.73. The fourth-order valence-electron chi connectivity index (χ4n) is 2.96. The Labute approximate surface area is 176 Å². The smallest absolute Gasteiger partial charge is 0.335 e. The fraction of sp³-hybridized carbons (Fsp3) is 0.391. The van der Waals surface area contributed by atoms with Crippen LogP contribution >= 0.6 is 0 Å². The lowest BCUT2D eigenvalue weighted by Gasteiger charge is -2.16. The third-order valence-electron chi connectivity index (χ3n) is 4.64. The Bertz CT molecular complexity index is 905. The number of ether oxygens (including phenoxy) is 3. The summed E-state index contributed by atoms with van der Waals surface area (Å²) >= 11 is 0. The molecule has 1 aromatic heterocycles. The van der Waals surface area contributed by atoms with Gasteiger partial charge in [-0.05, 0) is 36.2 Å². The second-order valence-electron chi connectivity index (χ2n) is 6.96. The van der Waals surface area contributed by atoms with Crippen molar-refractivity contribution in [3.8, 4) is 5.75 Å². The van der Waals surface area contributed by atoms with Gasteiger partial charge in [0.1, 0.15) is 17.9 Å². The molecule has 0 amide bonds. The standard InChI is InChI=1S/C23H28N2O5/c1-4-14-29-21(22(26)27-3)16-17-9-11-18(12-10-17)28-15-13-25(2)23-24-19-7-5-6-8-20(19)30-23/h5-12,21H,4,13-16H2,1-3H3. The van der Waals surface area contributed by atoms with Gasteiger partial charge in [-0.3, -0.25) is 0 Å². The summed E-state index contributed by atoms with van der Waals surface area (Å²) in [6.07, 6.45) is 0.720. The summed E-state index contributed by atoms with van der Waals surface area (Å²) in [6, 6.07) is 15.9. The molecule has 0 aliphatic heterocycles. The lowest BCUT2D eigenvalue weighted by atomic mass is 10.1. The van der Waals surface area contributed by atoms with Gasteiger partial charge in [0.15, 0.2) is 11.7 Å². The molecule has 0 saturated carbocycles. The number of carbonyl (C=O) groups is 1. The van der Waals surface area contributed by atoms with Gasteiger partial charge < -0.3 is 23.5 Å². The molecule has 0 saturated heterocycles. The number of para-hydroxylation sites is 2. The molecule has 0 radical (unpaired) electrons. The van der Waals surface area contributed by atoms with E-state index in [1.165, 1.54) is 7.11 Å². The number of nitrogens with zero attached hydrogens (tertiary/aromatic N) is 2. The number of oxazole rings is 1. The molecule has 0 N–H and O–H groups in total. The van der Waals surface area contributed by atoms with Crippen molar-refractivity contribution in [1.29, 1.82) is 0 Å². The van der Waals surface area contributed by atoms with Crippen molar-refractivity contribution < 1.29 is 23.4 Å². The van der Waals surface area contributed by atoms with E-state index in [9.17, 15) is 4.79 Å². The predicted octanol–water partition coefficient (Wildman–Crippen LogP) is 3.85. The van der Waals surface area contributed by atoms with Crippen LogP contribution < -0.4 is 9.64 Å². The van der Waals surface area contributed by atoms with Crippen LogP contribution in [0.15, 0.2) is 52.9 Å². The van der Waals surface area contributed by atoms with Crippen molar-refractivity contribution in [2.45, 2.75) is 25.9 Å². The minimum absolute atomic E-state index is 0.356. The van der Waals surface area contributed by atoms with Crippen LogP contribution in [0.2, 0.25) is 0 Å². The minimum atomic E-state index is -0.591. The van der Waals surface area contributed by atoms with E-state index >= 15 is 0 Å². The van der Waals surface area contributed by atoms with Gasteiger partial charge in [-0.15, -0.1) is 0 Å². The van der Waals surface area contributed by atoms with Gasteiger partial charge in [0.2, 0.25) is 0 Å². The molecule has 0 aliphatic rings. The Hall–Kier alpha value is -3.06. The zero-order valence-corrected chi connectivity index (χ0v) is 17.7. The normalized spacial score (nSPS) is 12.0. The van der Waals surface area contributed by atoms with E-state index in [0.717, 1.165) is 28.8 Å². The highest BCUT2D eigenvalue weighted by molar-refractivity contribution is 5.75. The number of likely N-dealkylation sites (N-methyl/N-ethyl adjacent to an activating group) is 1. The number of esters is 1. The first-order valence-electron chi connectivity index (χ1n) is 10.1. The minimum Gasteiger partial charge on any atom is -0.492 e. The zero-order chi connectivity index (χ0) is 21.3. The van der Waals surface area contributed by atoms with E-state index in [4.69, 9.17) is 18.6 Å². The molecular weight excluding hydrogens is 384 g/mol. The van der Waals surface area contributed by atoms with Crippen LogP contribution in [-0.4, -0.2) is 51.0 Å². The molecule has 0 aliphatic carbocycles. The maximum Gasteiger partial charge on any atom is 0.335 e. The van der Waals surface area contributed by atoms with Crippen LogP contribution in [0.25, 0.3) is 11.1 Å². The highest BCUT2D eigenvalue weighted by Gasteiger charge is 2.20. The number of hydrogen-bond donors (Lipinski definition) is 0. The molecule has 1 unspecified atom stereocenters. The molecule has 0 bridgehead atoms. The van der Waals surface area contributed by atoms with Crippen LogP contribution in [-0.2, 0) is 20.7 Å². The molecule has 1 atom stereocenters. The van der Waals surface area contributed by atoms with Crippen molar-refractivity contribution in [1.82, 2.24) is 4.98 Å². The van der Waals surface area contributed by atoms with Crippen LogP contribution in [0, 0.1) is 0 Å². The first-order valence-corrected chi connectivity index (χ1v) is 10.1. The molecule has 3 aromatic rings. The summed E-state index contributed by atoms with van der Waals surface area (Å²) in [6.45, 7) is 3.64. The molecule has 7 nitrogen and oxygen atoms in total. The number of anilines is 1. The highest BCUT2D eigenvalue weighted by atomic mass is 16.6. The van der Waals surface area contributed by atoms with E-state index in [-0.39, 0.29) is 5.97 Å². The molecule has 30 heavy (non-hydrogen) atoms. The number of carbonyl (C=O) groups excluding carboxylic acids is 1. The van der Waals surface area contributed by atoms with E-state index in [0.29, 0.717) is 32.2 Å². The van der Waals surface area contributed by atoms with E-state index < -0.39 is 6.10 Å². The summed E-state index contributed by atoms with van der Waals surface area (Å²) in [5.74, 6) is 0.403. The topological polar surface area (TPSA) is 74.0 Å². The maximum atomic E-state index is 11.9. The molecule has 3 rings (SSSR count). The first kappa shape index (κ1) is 21.6. The van der Waals surface area contributed by atoms with Gasteiger partial charge in [0.05, 0.1) is 13.7 Å². The Morgan fingerprint density at radius 1 is 1.13 bits per heavy atom. The number of benzene rings is 2. The highest BCUT2D eigenvalue weighted by Crippen LogP contribution is 2.21. The number of aromatic nitrogens is 1. The van der Waals surface area contributed by atoms with Crippen molar-refractivity contribution in [3.05, 3.63) is 54.1 Å². The van der Waals surface area contributed by atoms with E-state index in [2.05, 4.69) is 4.98 Å². The second-order valence-corrected chi connectivity index (χ2v) is 6.96. The van der Waals surface area contributed by atoms with Crippen LogP contribution in [0.1, 0.15) is 18.9 Å². The van der Waals surface area contributed by atoms with E-state index in [1.54, 1.807) is 0 Å².